The Morgan fingerprint density at radius 2 is 1.66 bits per heavy atom. The van der Waals surface area contributed by atoms with Crippen molar-refractivity contribution < 1.29 is 17.7 Å². The molecule has 0 bridgehead atoms. The number of nitrogens with zero attached hydrogens (tertiary/aromatic N) is 3. The number of fused-ring (bicyclic) bond motifs is 1. The van der Waals surface area contributed by atoms with Gasteiger partial charge in [-0.05, 0) is 44.2 Å². The van der Waals surface area contributed by atoms with Crippen LogP contribution in [0.15, 0.2) is 64.0 Å². The first-order chi connectivity index (χ1) is 15.2. The molecular weight excluding hydrogens is 428 g/mol. The van der Waals surface area contributed by atoms with Crippen molar-refractivity contribution in [2.45, 2.75) is 18.7 Å². The third-order valence-electron chi connectivity index (χ3n) is 5.10. The molecule has 32 heavy (non-hydrogen) atoms. The fraction of sp³-hybridized carbons (Fsp3) is 0.174. The Kier molecular flexibility index (Phi) is 5.53. The topological polar surface area (TPSA) is 105 Å². The Hall–Kier alpha value is -3.56. The number of sulfonamides is 1. The average molecular weight is 451 g/mol. The lowest BCUT2D eigenvalue weighted by molar-refractivity contribution is 0.102. The van der Waals surface area contributed by atoms with Crippen LogP contribution < -0.4 is 5.32 Å². The van der Waals surface area contributed by atoms with E-state index in [4.69, 9.17) is 4.52 Å². The van der Waals surface area contributed by atoms with Crippen LogP contribution in [0.5, 0.6) is 0 Å². The standard InChI is InChI=1S/C23H22N4O4S/c1-14-5-7-16(8-6-14)20-13-19(21-15(2)26-31-23(21)25-20)22(28)24-17-9-11-18(12-10-17)32(29,30)27(3)4/h5-13H,1-4H3,(H,24,28). The highest BCUT2D eigenvalue weighted by Crippen LogP contribution is 2.28. The summed E-state index contributed by atoms with van der Waals surface area (Å²) in [5.74, 6) is -0.375. The van der Waals surface area contributed by atoms with Gasteiger partial charge in [0.2, 0.25) is 10.0 Å². The zero-order chi connectivity index (χ0) is 23.0. The maximum atomic E-state index is 13.2. The second-order valence-electron chi connectivity index (χ2n) is 7.64. The van der Waals surface area contributed by atoms with Crippen molar-refractivity contribution in [2.24, 2.45) is 0 Å². The molecule has 0 aliphatic heterocycles. The minimum absolute atomic E-state index is 0.142. The van der Waals surface area contributed by atoms with Crippen molar-refractivity contribution in [1.82, 2.24) is 14.4 Å². The summed E-state index contributed by atoms with van der Waals surface area (Å²) >= 11 is 0. The molecule has 4 aromatic rings. The molecule has 0 saturated heterocycles. The molecule has 2 aromatic heterocycles. The highest BCUT2D eigenvalue weighted by molar-refractivity contribution is 7.89. The molecule has 0 atom stereocenters. The SMILES string of the molecule is Cc1ccc(-c2cc(C(=O)Nc3ccc(S(=O)(=O)N(C)C)cc3)c3c(C)noc3n2)cc1. The molecule has 2 aromatic carbocycles. The van der Waals surface area contributed by atoms with E-state index in [-0.39, 0.29) is 16.5 Å². The third kappa shape index (κ3) is 4.00. The number of amides is 1. The summed E-state index contributed by atoms with van der Waals surface area (Å²) < 4.78 is 31.0. The monoisotopic (exact) mass is 450 g/mol. The fourth-order valence-corrected chi connectivity index (χ4v) is 4.17. The van der Waals surface area contributed by atoms with E-state index in [0.717, 1.165) is 15.4 Å². The molecule has 0 aliphatic carbocycles. The Bertz CT molecular complexity index is 1410. The lowest BCUT2D eigenvalue weighted by Crippen LogP contribution is -2.22. The normalized spacial score (nSPS) is 11.8. The van der Waals surface area contributed by atoms with Gasteiger partial charge in [0.25, 0.3) is 11.6 Å². The average Bonchev–Trinajstić information content (AvgIpc) is 3.14. The number of hydrogen-bond donors (Lipinski definition) is 1. The van der Waals surface area contributed by atoms with Crippen LogP contribution in [-0.2, 0) is 10.0 Å². The predicted octanol–water partition coefficient (Wildman–Crippen LogP) is 4.01. The first kappa shape index (κ1) is 21.7. The Labute approximate surface area is 185 Å². The number of pyridine rings is 1. The molecule has 2 heterocycles. The number of aryl methyl sites for hydroxylation is 2. The van der Waals surface area contributed by atoms with Gasteiger partial charge in [-0.1, -0.05) is 35.0 Å². The summed E-state index contributed by atoms with van der Waals surface area (Å²) in [6, 6.07) is 15.5. The van der Waals surface area contributed by atoms with Crippen molar-refractivity contribution >= 4 is 32.7 Å². The zero-order valence-corrected chi connectivity index (χ0v) is 18.9. The van der Waals surface area contributed by atoms with Gasteiger partial charge in [0.1, 0.15) is 0 Å². The minimum atomic E-state index is -3.55. The van der Waals surface area contributed by atoms with E-state index in [2.05, 4.69) is 15.5 Å². The molecule has 1 N–H and O–H groups in total. The maximum Gasteiger partial charge on any atom is 0.259 e. The van der Waals surface area contributed by atoms with Crippen molar-refractivity contribution in [3.05, 3.63) is 71.4 Å². The highest BCUT2D eigenvalue weighted by atomic mass is 32.2. The first-order valence-corrected chi connectivity index (χ1v) is 11.3. The molecule has 8 nitrogen and oxygen atoms in total. The largest absolute Gasteiger partial charge is 0.335 e. The van der Waals surface area contributed by atoms with Gasteiger partial charge in [-0.2, -0.15) is 0 Å². The number of aromatic nitrogens is 2. The van der Waals surface area contributed by atoms with Gasteiger partial charge in [-0.25, -0.2) is 17.7 Å². The Morgan fingerprint density at radius 3 is 2.28 bits per heavy atom. The van der Waals surface area contributed by atoms with E-state index >= 15 is 0 Å². The van der Waals surface area contributed by atoms with Crippen LogP contribution >= 0.6 is 0 Å². The van der Waals surface area contributed by atoms with Crippen LogP contribution in [0.2, 0.25) is 0 Å². The van der Waals surface area contributed by atoms with Gasteiger partial charge in [-0.3, -0.25) is 4.79 Å². The molecule has 0 aliphatic rings. The number of nitrogens with one attached hydrogen (secondary N) is 1. The second-order valence-corrected chi connectivity index (χ2v) is 9.79. The molecular formula is C23H22N4O4S. The van der Waals surface area contributed by atoms with Crippen LogP contribution in [-0.4, -0.2) is 42.9 Å². The van der Waals surface area contributed by atoms with Crippen molar-refractivity contribution in [3.8, 4) is 11.3 Å². The van der Waals surface area contributed by atoms with E-state index in [9.17, 15) is 13.2 Å². The van der Waals surface area contributed by atoms with Gasteiger partial charge < -0.3 is 9.84 Å². The van der Waals surface area contributed by atoms with Crippen LogP contribution in [0.1, 0.15) is 21.6 Å². The number of hydrogen-bond acceptors (Lipinski definition) is 6. The quantitative estimate of drug-likeness (QED) is 0.493. The number of anilines is 1. The number of carbonyl (C=O) groups excluding carboxylic acids is 1. The van der Waals surface area contributed by atoms with E-state index in [1.807, 2.05) is 31.2 Å². The smallest absolute Gasteiger partial charge is 0.259 e. The predicted molar refractivity (Wildman–Crippen MR) is 122 cm³/mol. The van der Waals surface area contributed by atoms with Gasteiger partial charge in [0.15, 0.2) is 0 Å². The lowest BCUT2D eigenvalue weighted by Gasteiger charge is -2.12. The summed E-state index contributed by atoms with van der Waals surface area (Å²) in [7, 11) is -0.619. The summed E-state index contributed by atoms with van der Waals surface area (Å²) in [5.41, 5.74) is 4.21. The molecule has 164 valence electrons. The van der Waals surface area contributed by atoms with Crippen molar-refractivity contribution in [1.29, 1.82) is 0 Å². The number of rotatable bonds is 5. The fourth-order valence-electron chi connectivity index (χ4n) is 3.27. The van der Waals surface area contributed by atoms with Crippen molar-refractivity contribution in [3.63, 3.8) is 0 Å². The summed E-state index contributed by atoms with van der Waals surface area (Å²) in [6.07, 6.45) is 0. The van der Waals surface area contributed by atoms with Crippen LogP contribution in [0, 0.1) is 13.8 Å². The zero-order valence-electron chi connectivity index (χ0n) is 18.1. The summed E-state index contributed by atoms with van der Waals surface area (Å²) in [4.78, 5) is 17.8. The van der Waals surface area contributed by atoms with Gasteiger partial charge in [0, 0.05) is 25.3 Å². The van der Waals surface area contributed by atoms with E-state index in [1.165, 1.54) is 26.2 Å². The van der Waals surface area contributed by atoms with E-state index in [1.54, 1.807) is 25.1 Å². The summed E-state index contributed by atoms with van der Waals surface area (Å²) in [5, 5.41) is 7.31. The Balaban J connectivity index is 1.70. The van der Waals surface area contributed by atoms with Gasteiger partial charge >= 0.3 is 0 Å². The van der Waals surface area contributed by atoms with Crippen LogP contribution in [0.3, 0.4) is 0 Å². The second kappa shape index (κ2) is 8.18. The minimum Gasteiger partial charge on any atom is -0.335 e. The van der Waals surface area contributed by atoms with Crippen molar-refractivity contribution in [2.75, 3.05) is 19.4 Å². The molecule has 0 fully saturated rings. The number of benzene rings is 2. The van der Waals surface area contributed by atoms with Gasteiger partial charge in [-0.15, -0.1) is 0 Å². The molecule has 0 saturated carbocycles. The molecule has 9 heteroatoms. The van der Waals surface area contributed by atoms with E-state index in [0.29, 0.717) is 28.0 Å². The van der Waals surface area contributed by atoms with Crippen LogP contribution in [0.25, 0.3) is 22.4 Å². The highest BCUT2D eigenvalue weighted by Gasteiger charge is 2.20. The van der Waals surface area contributed by atoms with Gasteiger partial charge in [0.05, 0.1) is 27.2 Å². The molecule has 0 radical (unpaired) electrons. The lowest BCUT2D eigenvalue weighted by atomic mass is 10.0. The molecule has 1 amide bonds. The first-order valence-electron chi connectivity index (χ1n) is 9.85. The Morgan fingerprint density at radius 1 is 1.00 bits per heavy atom. The number of carbonyl (C=O) groups is 1. The third-order valence-corrected chi connectivity index (χ3v) is 6.93. The molecule has 0 unspecified atom stereocenters. The summed E-state index contributed by atoms with van der Waals surface area (Å²) in [6.45, 7) is 3.74. The molecule has 0 spiro atoms. The van der Waals surface area contributed by atoms with E-state index < -0.39 is 10.0 Å². The molecule has 4 rings (SSSR count). The maximum absolute atomic E-state index is 13.2. The van der Waals surface area contributed by atoms with Crippen LogP contribution in [0.4, 0.5) is 5.69 Å².